The lowest BCUT2D eigenvalue weighted by molar-refractivity contribution is -0.144. The molecule has 0 bridgehead atoms. The van der Waals surface area contributed by atoms with Crippen LogP contribution in [-0.2, 0) is 27.1 Å². The highest BCUT2D eigenvalue weighted by Gasteiger charge is 2.18. The Balaban J connectivity index is 1.91. The van der Waals surface area contributed by atoms with Gasteiger partial charge in [0.2, 0.25) is 0 Å². The van der Waals surface area contributed by atoms with E-state index in [1.165, 1.54) is 24.5 Å². The van der Waals surface area contributed by atoms with Gasteiger partial charge in [-0.25, -0.2) is 14.2 Å². The number of benzene rings is 1. The SMILES string of the molecule is COC(=O)c1nc(Cl)sc1CCCOc1c(F)cccc1CCC(=O)OCC(C)C. The molecule has 0 aliphatic carbocycles. The minimum absolute atomic E-state index is 0.129. The maximum Gasteiger partial charge on any atom is 0.357 e. The van der Waals surface area contributed by atoms with E-state index in [-0.39, 0.29) is 40.8 Å². The van der Waals surface area contributed by atoms with Crippen LogP contribution >= 0.6 is 22.9 Å². The second-order valence-electron chi connectivity index (χ2n) is 6.99. The first-order valence-corrected chi connectivity index (χ1v) is 10.8. The standard InChI is InChI=1S/C21H25ClFNO5S/c1-13(2)12-29-17(25)10-9-14-6-4-7-15(23)19(14)28-11-5-8-16-18(20(26)27-3)24-21(22)30-16/h4,6-7,13H,5,8-12H2,1-3H3. The quantitative estimate of drug-likeness (QED) is 0.354. The van der Waals surface area contributed by atoms with Gasteiger partial charge < -0.3 is 14.2 Å². The number of nitrogens with zero attached hydrogens (tertiary/aromatic N) is 1. The molecule has 0 saturated carbocycles. The van der Waals surface area contributed by atoms with Gasteiger partial charge in [-0.1, -0.05) is 37.6 Å². The van der Waals surface area contributed by atoms with Gasteiger partial charge in [0.1, 0.15) is 0 Å². The molecule has 0 unspecified atom stereocenters. The van der Waals surface area contributed by atoms with Crippen molar-refractivity contribution in [1.82, 2.24) is 4.98 Å². The second-order valence-corrected chi connectivity index (χ2v) is 8.65. The molecule has 1 heterocycles. The molecule has 164 valence electrons. The summed E-state index contributed by atoms with van der Waals surface area (Å²) in [7, 11) is 1.28. The normalized spacial score (nSPS) is 10.9. The average molecular weight is 458 g/mol. The predicted octanol–water partition coefficient (Wildman–Crippen LogP) is 4.87. The molecule has 2 rings (SSSR count). The van der Waals surface area contributed by atoms with Gasteiger partial charge in [-0.2, -0.15) is 0 Å². The lowest BCUT2D eigenvalue weighted by atomic mass is 10.1. The van der Waals surface area contributed by atoms with E-state index in [0.717, 1.165) is 0 Å². The Labute approximate surface area is 184 Å². The number of hydrogen-bond donors (Lipinski definition) is 0. The third-order valence-electron chi connectivity index (χ3n) is 4.07. The summed E-state index contributed by atoms with van der Waals surface area (Å²) in [5.41, 5.74) is 0.798. The van der Waals surface area contributed by atoms with Crippen LogP contribution in [-0.4, -0.2) is 37.2 Å². The van der Waals surface area contributed by atoms with E-state index in [1.54, 1.807) is 12.1 Å². The van der Waals surface area contributed by atoms with E-state index in [2.05, 4.69) is 4.98 Å². The molecule has 0 atom stereocenters. The number of thiazole rings is 1. The van der Waals surface area contributed by atoms with Crippen molar-refractivity contribution in [1.29, 1.82) is 0 Å². The van der Waals surface area contributed by atoms with Crippen molar-refractivity contribution in [3.63, 3.8) is 0 Å². The molecular formula is C21H25ClFNO5S. The Hall–Kier alpha value is -2.19. The Morgan fingerprint density at radius 3 is 2.73 bits per heavy atom. The Morgan fingerprint density at radius 2 is 2.03 bits per heavy atom. The zero-order chi connectivity index (χ0) is 22.1. The first kappa shape index (κ1) is 24.1. The molecule has 0 radical (unpaired) electrons. The molecule has 0 spiro atoms. The number of esters is 2. The molecule has 0 amide bonds. The Morgan fingerprint density at radius 1 is 1.27 bits per heavy atom. The summed E-state index contributed by atoms with van der Waals surface area (Å²) in [6.45, 7) is 4.50. The van der Waals surface area contributed by atoms with Crippen molar-refractivity contribution in [2.24, 2.45) is 5.92 Å². The van der Waals surface area contributed by atoms with Crippen molar-refractivity contribution < 1.29 is 28.2 Å². The monoisotopic (exact) mass is 457 g/mol. The van der Waals surface area contributed by atoms with Gasteiger partial charge >= 0.3 is 11.9 Å². The number of aromatic nitrogens is 1. The van der Waals surface area contributed by atoms with Gasteiger partial charge in [0.25, 0.3) is 0 Å². The van der Waals surface area contributed by atoms with Gasteiger partial charge in [0.15, 0.2) is 21.7 Å². The maximum atomic E-state index is 14.3. The van der Waals surface area contributed by atoms with Crippen molar-refractivity contribution in [3.05, 3.63) is 44.6 Å². The number of hydrogen-bond acceptors (Lipinski definition) is 7. The van der Waals surface area contributed by atoms with Crippen LogP contribution in [0.4, 0.5) is 4.39 Å². The van der Waals surface area contributed by atoms with Crippen molar-refractivity contribution in [2.75, 3.05) is 20.3 Å². The summed E-state index contributed by atoms with van der Waals surface area (Å²) in [4.78, 5) is 28.3. The van der Waals surface area contributed by atoms with Crippen LogP contribution in [0.2, 0.25) is 4.47 Å². The third-order valence-corrected chi connectivity index (χ3v) is 5.29. The molecule has 0 N–H and O–H groups in total. The number of rotatable bonds is 11. The van der Waals surface area contributed by atoms with E-state index in [1.807, 2.05) is 13.8 Å². The summed E-state index contributed by atoms with van der Waals surface area (Å²) in [6.07, 6.45) is 1.47. The van der Waals surface area contributed by atoms with Crippen molar-refractivity contribution in [2.45, 2.75) is 39.5 Å². The van der Waals surface area contributed by atoms with Crippen LogP contribution in [0.25, 0.3) is 0 Å². The summed E-state index contributed by atoms with van der Waals surface area (Å²) in [5, 5.41) is 0. The number of methoxy groups -OCH3 is 1. The molecule has 9 heteroatoms. The molecule has 6 nitrogen and oxygen atoms in total. The molecule has 0 fully saturated rings. The Bertz CT molecular complexity index is 871. The Kier molecular flexibility index (Phi) is 9.52. The van der Waals surface area contributed by atoms with Crippen LogP contribution in [0.1, 0.15) is 47.6 Å². The second kappa shape index (κ2) is 11.9. The van der Waals surface area contributed by atoms with Gasteiger partial charge in [-0.15, -0.1) is 11.3 Å². The highest BCUT2D eigenvalue weighted by atomic mass is 35.5. The number of para-hydroxylation sites is 1. The topological polar surface area (TPSA) is 74.7 Å². The first-order chi connectivity index (χ1) is 14.3. The number of halogens is 2. The third kappa shape index (κ3) is 7.25. The number of carbonyl (C=O) groups excluding carboxylic acids is 2. The van der Waals surface area contributed by atoms with Crippen LogP contribution in [0.3, 0.4) is 0 Å². The molecule has 30 heavy (non-hydrogen) atoms. The fourth-order valence-electron chi connectivity index (χ4n) is 2.64. The fraction of sp³-hybridized carbons (Fsp3) is 0.476. The highest BCUT2D eigenvalue weighted by Crippen LogP contribution is 2.27. The van der Waals surface area contributed by atoms with Crippen LogP contribution in [0.15, 0.2) is 18.2 Å². The highest BCUT2D eigenvalue weighted by molar-refractivity contribution is 7.16. The molecule has 0 saturated heterocycles. The van der Waals surface area contributed by atoms with Crippen LogP contribution in [0.5, 0.6) is 5.75 Å². The van der Waals surface area contributed by atoms with E-state index in [9.17, 15) is 14.0 Å². The zero-order valence-corrected chi connectivity index (χ0v) is 18.8. The van der Waals surface area contributed by atoms with Crippen LogP contribution < -0.4 is 4.74 Å². The van der Waals surface area contributed by atoms with E-state index < -0.39 is 11.8 Å². The average Bonchev–Trinajstić information content (AvgIpc) is 3.09. The summed E-state index contributed by atoms with van der Waals surface area (Å²) >= 11 is 7.10. The molecule has 0 aliphatic heterocycles. The molecule has 1 aromatic carbocycles. The predicted molar refractivity (Wildman–Crippen MR) is 113 cm³/mol. The van der Waals surface area contributed by atoms with Gasteiger partial charge in [-0.3, -0.25) is 4.79 Å². The molecule has 1 aromatic heterocycles. The van der Waals surface area contributed by atoms with Crippen molar-refractivity contribution in [3.8, 4) is 5.75 Å². The van der Waals surface area contributed by atoms with Crippen molar-refractivity contribution >= 4 is 34.9 Å². The lowest BCUT2D eigenvalue weighted by Crippen LogP contribution is -2.11. The minimum Gasteiger partial charge on any atom is -0.490 e. The molecule has 2 aromatic rings. The maximum absolute atomic E-state index is 14.3. The smallest absolute Gasteiger partial charge is 0.357 e. The summed E-state index contributed by atoms with van der Waals surface area (Å²) < 4.78 is 30.0. The van der Waals surface area contributed by atoms with Crippen LogP contribution in [0, 0.1) is 11.7 Å². The summed E-state index contributed by atoms with van der Waals surface area (Å²) in [6, 6.07) is 4.62. The molecule has 0 aliphatic rings. The largest absolute Gasteiger partial charge is 0.490 e. The number of ether oxygens (including phenoxy) is 3. The van der Waals surface area contributed by atoms with E-state index >= 15 is 0 Å². The van der Waals surface area contributed by atoms with Gasteiger partial charge in [-0.05, 0) is 36.8 Å². The van der Waals surface area contributed by atoms with Gasteiger partial charge in [0, 0.05) is 11.3 Å². The zero-order valence-electron chi connectivity index (χ0n) is 17.2. The number of carbonyl (C=O) groups is 2. The lowest BCUT2D eigenvalue weighted by Gasteiger charge is -2.13. The first-order valence-electron chi connectivity index (χ1n) is 9.61. The summed E-state index contributed by atoms with van der Waals surface area (Å²) in [5.74, 6) is -0.968. The minimum atomic E-state index is -0.546. The fourth-order valence-corrected chi connectivity index (χ4v) is 3.81. The van der Waals surface area contributed by atoms with Gasteiger partial charge in [0.05, 0.1) is 20.3 Å². The van der Waals surface area contributed by atoms with E-state index in [0.29, 0.717) is 36.3 Å². The number of aryl methyl sites for hydroxylation is 2. The molecular weight excluding hydrogens is 433 g/mol. The van der Waals surface area contributed by atoms with E-state index in [4.69, 9.17) is 25.8 Å².